The first-order valence-electron chi connectivity index (χ1n) is 12.7. The highest BCUT2D eigenvalue weighted by Gasteiger charge is 2.21. The van der Waals surface area contributed by atoms with E-state index in [0.717, 1.165) is 28.7 Å². The van der Waals surface area contributed by atoms with Gasteiger partial charge in [0.05, 0.1) is 18.2 Å². The van der Waals surface area contributed by atoms with Crippen molar-refractivity contribution in [2.24, 2.45) is 5.92 Å². The van der Waals surface area contributed by atoms with Gasteiger partial charge in [-0.05, 0) is 67.5 Å². The Balaban J connectivity index is 1.90. The van der Waals surface area contributed by atoms with E-state index in [2.05, 4.69) is 37.4 Å². The van der Waals surface area contributed by atoms with E-state index in [9.17, 15) is 14.0 Å². The van der Waals surface area contributed by atoms with Gasteiger partial charge in [0.15, 0.2) is 0 Å². The number of esters is 1. The lowest BCUT2D eigenvalue weighted by Crippen LogP contribution is -2.30. The Morgan fingerprint density at radius 3 is 2.37 bits per heavy atom. The Morgan fingerprint density at radius 2 is 1.71 bits per heavy atom. The number of methoxy groups -OCH3 is 1. The first kappa shape index (κ1) is 29.2. The quantitative estimate of drug-likeness (QED) is 0.260. The number of hydrogen-bond acceptors (Lipinski definition) is 4. The number of aryl methyl sites for hydroxylation is 3. The van der Waals surface area contributed by atoms with E-state index in [4.69, 9.17) is 21.1 Å². The van der Waals surface area contributed by atoms with Gasteiger partial charge in [-0.25, -0.2) is 4.39 Å². The largest absolute Gasteiger partial charge is 0.487 e. The van der Waals surface area contributed by atoms with Crippen LogP contribution in [0.4, 0.5) is 4.39 Å². The molecular weight excluding hydrogens is 505 g/mol. The molecule has 3 aromatic rings. The van der Waals surface area contributed by atoms with Gasteiger partial charge >= 0.3 is 5.97 Å². The molecule has 0 aliphatic heterocycles. The molecule has 0 aliphatic carbocycles. The van der Waals surface area contributed by atoms with Gasteiger partial charge in [-0.2, -0.15) is 0 Å². The van der Waals surface area contributed by atoms with Gasteiger partial charge in [0.2, 0.25) is 0 Å². The van der Waals surface area contributed by atoms with Crippen molar-refractivity contribution in [1.82, 2.24) is 5.32 Å². The average Bonchev–Trinajstić information content (AvgIpc) is 2.86. The molecule has 0 aromatic heterocycles. The second kappa shape index (κ2) is 13.4. The number of carbonyl (C=O) groups excluding carboxylic acids is 2. The highest BCUT2D eigenvalue weighted by Crippen LogP contribution is 2.27. The summed E-state index contributed by atoms with van der Waals surface area (Å²) < 4.78 is 24.2. The van der Waals surface area contributed by atoms with Gasteiger partial charge in [-0.3, -0.25) is 9.59 Å². The molecule has 3 rings (SSSR count). The van der Waals surface area contributed by atoms with E-state index < -0.39 is 5.82 Å². The third kappa shape index (κ3) is 8.32. The van der Waals surface area contributed by atoms with Crippen molar-refractivity contribution in [2.45, 2.75) is 59.6 Å². The number of benzene rings is 3. The maximum atomic E-state index is 13.7. The van der Waals surface area contributed by atoms with E-state index >= 15 is 0 Å². The molecule has 0 fully saturated rings. The van der Waals surface area contributed by atoms with E-state index in [1.165, 1.54) is 25.3 Å². The number of amides is 1. The van der Waals surface area contributed by atoms with Crippen LogP contribution in [0.3, 0.4) is 0 Å². The second-order valence-electron chi connectivity index (χ2n) is 10.0. The third-order valence-electron chi connectivity index (χ3n) is 6.19. The zero-order valence-electron chi connectivity index (χ0n) is 22.6. The van der Waals surface area contributed by atoms with Crippen molar-refractivity contribution in [2.75, 3.05) is 7.11 Å². The van der Waals surface area contributed by atoms with Crippen LogP contribution in [0.2, 0.25) is 5.02 Å². The van der Waals surface area contributed by atoms with Crippen molar-refractivity contribution in [3.63, 3.8) is 0 Å². The summed E-state index contributed by atoms with van der Waals surface area (Å²) in [5.74, 6) is -0.460. The summed E-state index contributed by atoms with van der Waals surface area (Å²) in [5.41, 5.74) is 5.22. The van der Waals surface area contributed by atoms with Crippen LogP contribution in [0.15, 0.2) is 54.6 Å². The number of rotatable bonds is 11. The van der Waals surface area contributed by atoms with E-state index in [-0.39, 0.29) is 36.7 Å². The van der Waals surface area contributed by atoms with Gasteiger partial charge in [0, 0.05) is 18.1 Å². The number of nitrogens with one attached hydrogen (secondary N) is 1. The fourth-order valence-electron chi connectivity index (χ4n) is 4.43. The lowest BCUT2D eigenvalue weighted by Gasteiger charge is -2.23. The first-order valence-corrected chi connectivity index (χ1v) is 13.1. The van der Waals surface area contributed by atoms with Crippen LogP contribution in [0.5, 0.6) is 5.75 Å². The zero-order chi connectivity index (χ0) is 27.8. The molecule has 0 bridgehead atoms. The van der Waals surface area contributed by atoms with Crippen molar-refractivity contribution in [3.8, 4) is 5.75 Å². The van der Waals surface area contributed by atoms with Crippen LogP contribution in [0, 0.1) is 25.6 Å². The Hall–Kier alpha value is -3.38. The van der Waals surface area contributed by atoms with Crippen molar-refractivity contribution >= 4 is 23.5 Å². The monoisotopic (exact) mass is 539 g/mol. The van der Waals surface area contributed by atoms with Gasteiger partial charge in [0.25, 0.3) is 5.91 Å². The molecule has 1 unspecified atom stereocenters. The number of ether oxygens (including phenoxy) is 2. The zero-order valence-corrected chi connectivity index (χ0v) is 23.3. The molecule has 1 N–H and O–H groups in total. The number of halogens is 2. The smallest absolute Gasteiger partial charge is 0.305 e. The molecule has 3 aromatic carbocycles. The highest BCUT2D eigenvalue weighted by molar-refractivity contribution is 6.32. The topological polar surface area (TPSA) is 64.6 Å². The molecular formula is C31H35ClFNO4. The highest BCUT2D eigenvalue weighted by atomic mass is 35.5. The molecule has 202 valence electrons. The van der Waals surface area contributed by atoms with Crippen LogP contribution in [-0.4, -0.2) is 19.0 Å². The normalized spacial score (nSPS) is 11.8. The lowest BCUT2D eigenvalue weighted by molar-refractivity contribution is -0.140. The van der Waals surface area contributed by atoms with Crippen LogP contribution in [0.1, 0.15) is 70.9 Å². The number of hydrogen-bond donors (Lipinski definition) is 1. The third-order valence-corrected chi connectivity index (χ3v) is 6.50. The summed E-state index contributed by atoms with van der Waals surface area (Å²) in [6, 6.07) is 15.4. The molecule has 0 heterocycles. The molecule has 0 radical (unpaired) electrons. The van der Waals surface area contributed by atoms with Crippen LogP contribution in [0.25, 0.3) is 0 Å². The molecule has 38 heavy (non-hydrogen) atoms. The minimum absolute atomic E-state index is 0.0905. The molecule has 1 atom stereocenters. The summed E-state index contributed by atoms with van der Waals surface area (Å²) in [5, 5.41) is 3.52. The summed E-state index contributed by atoms with van der Waals surface area (Å²) in [6.45, 7) is 8.43. The SMILES string of the molecule is COC(=O)CCc1ccc(COc2cc(F)ccc2Cl)cc1C(=O)NC(CC(C)C)c1cc(C)cc(C)c1. The summed E-state index contributed by atoms with van der Waals surface area (Å²) >= 11 is 6.13. The average molecular weight is 540 g/mol. The van der Waals surface area contributed by atoms with E-state index in [1.807, 2.05) is 26.0 Å². The molecule has 0 saturated carbocycles. The number of carbonyl (C=O) groups is 2. The van der Waals surface area contributed by atoms with Gasteiger partial charge in [-0.1, -0.05) is 66.9 Å². The molecule has 0 spiro atoms. The molecule has 7 heteroatoms. The predicted octanol–water partition coefficient (Wildman–Crippen LogP) is 7.30. The second-order valence-corrected chi connectivity index (χ2v) is 10.4. The van der Waals surface area contributed by atoms with E-state index in [0.29, 0.717) is 28.5 Å². The van der Waals surface area contributed by atoms with Crippen molar-refractivity contribution in [3.05, 3.63) is 98.8 Å². The van der Waals surface area contributed by atoms with Crippen molar-refractivity contribution in [1.29, 1.82) is 0 Å². The van der Waals surface area contributed by atoms with Gasteiger partial charge in [0.1, 0.15) is 18.2 Å². The Labute approximate surface area is 229 Å². The summed E-state index contributed by atoms with van der Waals surface area (Å²) in [6.07, 6.45) is 1.27. The standard InChI is InChI=1S/C31H35ClFNO4/c1-19(2)12-28(24-14-20(3)13-21(4)15-24)34-31(36)26-16-22(6-7-23(26)8-11-30(35)37-5)18-38-29-17-25(33)9-10-27(29)32/h6-7,9-10,13-17,19,28H,8,11-12,18H2,1-5H3,(H,34,36). The maximum Gasteiger partial charge on any atom is 0.305 e. The fraction of sp³-hybridized carbons (Fsp3) is 0.355. The maximum absolute atomic E-state index is 13.7. The summed E-state index contributed by atoms with van der Waals surface area (Å²) in [7, 11) is 1.34. The molecule has 0 aliphatic rings. The fourth-order valence-corrected chi connectivity index (χ4v) is 4.60. The van der Waals surface area contributed by atoms with E-state index in [1.54, 1.807) is 6.07 Å². The van der Waals surface area contributed by atoms with Crippen LogP contribution >= 0.6 is 11.6 Å². The van der Waals surface area contributed by atoms with Crippen LogP contribution in [-0.2, 0) is 22.6 Å². The first-order chi connectivity index (χ1) is 18.0. The minimum Gasteiger partial charge on any atom is -0.487 e. The van der Waals surface area contributed by atoms with Gasteiger partial charge < -0.3 is 14.8 Å². The molecule has 0 saturated heterocycles. The minimum atomic E-state index is -0.454. The van der Waals surface area contributed by atoms with Crippen LogP contribution < -0.4 is 10.1 Å². The Kier molecular flexibility index (Phi) is 10.3. The molecule has 5 nitrogen and oxygen atoms in total. The predicted molar refractivity (Wildman–Crippen MR) is 148 cm³/mol. The summed E-state index contributed by atoms with van der Waals surface area (Å²) in [4.78, 5) is 25.5. The van der Waals surface area contributed by atoms with Crippen molar-refractivity contribution < 1.29 is 23.5 Å². The van der Waals surface area contributed by atoms with Gasteiger partial charge in [-0.15, -0.1) is 0 Å². The molecule has 1 amide bonds. The Bertz CT molecular complexity index is 1270. The Morgan fingerprint density at radius 1 is 1.00 bits per heavy atom. The lowest BCUT2D eigenvalue weighted by atomic mass is 9.93.